The molecule has 0 radical (unpaired) electrons. The van der Waals surface area contributed by atoms with Gasteiger partial charge in [-0.1, -0.05) is 34.1 Å². The van der Waals surface area contributed by atoms with E-state index in [1.807, 2.05) is 43.4 Å². The summed E-state index contributed by atoms with van der Waals surface area (Å²) in [6.45, 7) is 1.57. The van der Waals surface area contributed by atoms with Crippen molar-refractivity contribution in [1.29, 1.82) is 0 Å². The minimum Gasteiger partial charge on any atom is -0.468 e. The predicted molar refractivity (Wildman–Crippen MR) is 78.8 cm³/mol. The highest BCUT2D eigenvalue weighted by Crippen LogP contribution is 2.25. The Morgan fingerprint density at radius 3 is 2.74 bits per heavy atom. The summed E-state index contributed by atoms with van der Waals surface area (Å²) in [5.41, 5.74) is 0.939. The van der Waals surface area contributed by atoms with Crippen LogP contribution in [0.4, 0.5) is 0 Å². The number of halogens is 1. The van der Waals surface area contributed by atoms with Gasteiger partial charge in [-0.05, 0) is 37.2 Å². The Kier molecular flexibility index (Phi) is 5.19. The fourth-order valence-electron chi connectivity index (χ4n) is 1.99. The Morgan fingerprint density at radius 1 is 1.26 bits per heavy atom. The highest BCUT2D eigenvalue weighted by atomic mass is 79.9. The van der Waals surface area contributed by atoms with Gasteiger partial charge in [0.05, 0.1) is 18.9 Å². The minimum absolute atomic E-state index is 0.449. The number of furan rings is 1. The largest absolute Gasteiger partial charge is 0.468 e. The van der Waals surface area contributed by atoms with Crippen LogP contribution in [0.15, 0.2) is 51.6 Å². The van der Waals surface area contributed by atoms with Gasteiger partial charge in [0.1, 0.15) is 5.76 Å². The zero-order valence-electron chi connectivity index (χ0n) is 10.9. The predicted octanol–water partition coefficient (Wildman–Crippen LogP) is 3.60. The highest BCUT2D eigenvalue weighted by molar-refractivity contribution is 9.10. The fourth-order valence-corrected chi connectivity index (χ4v) is 2.54. The second-order valence-corrected chi connectivity index (χ2v) is 5.50. The molecular formula is C15H18BrNO2. The number of hydrogen-bond acceptors (Lipinski definition) is 3. The van der Waals surface area contributed by atoms with Crippen LogP contribution in [-0.2, 0) is 6.54 Å². The third-order valence-corrected chi connectivity index (χ3v) is 3.78. The van der Waals surface area contributed by atoms with E-state index in [0.717, 1.165) is 28.9 Å². The van der Waals surface area contributed by atoms with Crippen molar-refractivity contribution >= 4 is 15.9 Å². The molecule has 19 heavy (non-hydrogen) atoms. The summed E-state index contributed by atoms with van der Waals surface area (Å²) >= 11 is 3.46. The number of rotatable bonds is 6. The van der Waals surface area contributed by atoms with Crippen LogP contribution in [0.25, 0.3) is 0 Å². The number of hydrogen-bond donors (Lipinski definition) is 1. The lowest BCUT2D eigenvalue weighted by Gasteiger charge is -2.18. The van der Waals surface area contributed by atoms with Gasteiger partial charge in [0.15, 0.2) is 0 Å². The van der Waals surface area contributed by atoms with Crippen molar-refractivity contribution in [3.8, 4) is 0 Å². The van der Waals surface area contributed by atoms with Crippen molar-refractivity contribution in [2.75, 3.05) is 13.6 Å². The summed E-state index contributed by atoms with van der Waals surface area (Å²) in [4.78, 5) is 2.14. The lowest BCUT2D eigenvalue weighted by Crippen LogP contribution is -2.20. The van der Waals surface area contributed by atoms with E-state index in [1.165, 1.54) is 0 Å². The van der Waals surface area contributed by atoms with Gasteiger partial charge in [-0.2, -0.15) is 0 Å². The maximum Gasteiger partial charge on any atom is 0.117 e. The molecule has 4 heteroatoms. The van der Waals surface area contributed by atoms with Crippen molar-refractivity contribution in [2.24, 2.45) is 0 Å². The van der Waals surface area contributed by atoms with Gasteiger partial charge in [-0.15, -0.1) is 0 Å². The van der Waals surface area contributed by atoms with Crippen LogP contribution in [0.3, 0.4) is 0 Å². The van der Waals surface area contributed by atoms with E-state index in [-0.39, 0.29) is 0 Å². The number of nitrogens with zero attached hydrogens (tertiary/aromatic N) is 1. The molecule has 0 saturated carbocycles. The third kappa shape index (κ3) is 4.20. The Bertz CT molecular complexity index is 499. The van der Waals surface area contributed by atoms with Crippen molar-refractivity contribution in [1.82, 2.24) is 4.90 Å². The first-order valence-corrected chi connectivity index (χ1v) is 7.09. The standard InChI is InChI=1S/C15H18BrNO2/c1-17(11-12-5-4-10-19-12)9-8-15(18)13-6-2-3-7-14(13)16/h2-7,10,15,18H,8-9,11H2,1H3. The SMILES string of the molecule is CN(CCC(O)c1ccccc1Br)Cc1ccco1. The molecule has 2 rings (SSSR count). The van der Waals surface area contributed by atoms with E-state index in [4.69, 9.17) is 4.42 Å². The molecule has 0 bridgehead atoms. The second-order valence-electron chi connectivity index (χ2n) is 4.64. The first kappa shape index (κ1) is 14.3. The lowest BCUT2D eigenvalue weighted by molar-refractivity contribution is 0.145. The van der Waals surface area contributed by atoms with Gasteiger partial charge in [-0.25, -0.2) is 0 Å². The van der Waals surface area contributed by atoms with Crippen LogP contribution >= 0.6 is 15.9 Å². The van der Waals surface area contributed by atoms with E-state index in [9.17, 15) is 5.11 Å². The zero-order chi connectivity index (χ0) is 13.7. The van der Waals surface area contributed by atoms with Crippen LogP contribution < -0.4 is 0 Å². The molecule has 1 aromatic heterocycles. The van der Waals surface area contributed by atoms with E-state index in [0.29, 0.717) is 6.42 Å². The average Bonchev–Trinajstić information content (AvgIpc) is 2.89. The summed E-state index contributed by atoms with van der Waals surface area (Å²) in [6, 6.07) is 11.6. The van der Waals surface area contributed by atoms with Crippen LogP contribution in [0.5, 0.6) is 0 Å². The third-order valence-electron chi connectivity index (χ3n) is 3.05. The van der Waals surface area contributed by atoms with Gasteiger partial charge >= 0.3 is 0 Å². The summed E-state index contributed by atoms with van der Waals surface area (Å²) in [5.74, 6) is 0.942. The van der Waals surface area contributed by atoms with Gasteiger partial charge < -0.3 is 9.52 Å². The van der Waals surface area contributed by atoms with E-state index < -0.39 is 6.10 Å². The van der Waals surface area contributed by atoms with Gasteiger partial charge in [0.25, 0.3) is 0 Å². The summed E-state index contributed by atoms with van der Waals surface area (Å²) in [6.07, 6.45) is 1.92. The second kappa shape index (κ2) is 6.89. The topological polar surface area (TPSA) is 36.6 Å². The monoisotopic (exact) mass is 323 g/mol. The molecule has 2 aromatic rings. The Labute approximate surface area is 122 Å². The van der Waals surface area contributed by atoms with Crippen LogP contribution in [0.2, 0.25) is 0 Å². The maximum atomic E-state index is 10.2. The molecule has 0 fully saturated rings. The molecule has 3 nitrogen and oxygen atoms in total. The molecule has 0 aliphatic carbocycles. The molecular weight excluding hydrogens is 306 g/mol. The van der Waals surface area contributed by atoms with Gasteiger partial charge in [-0.3, -0.25) is 4.90 Å². The number of aliphatic hydroxyl groups excluding tert-OH is 1. The molecule has 102 valence electrons. The molecule has 0 aliphatic rings. The lowest BCUT2D eigenvalue weighted by atomic mass is 10.1. The molecule has 0 amide bonds. The molecule has 0 aliphatic heterocycles. The van der Waals surface area contributed by atoms with Gasteiger partial charge in [0, 0.05) is 11.0 Å². The van der Waals surface area contributed by atoms with Crippen molar-refractivity contribution in [2.45, 2.75) is 19.1 Å². The van der Waals surface area contributed by atoms with Crippen LogP contribution in [0, 0.1) is 0 Å². The minimum atomic E-state index is -0.449. The van der Waals surface area contributed by atoms with E-state index in [1.54, 1.807) is 6.26 Å². The van der Waals surface area contributed by atoms with Gasteiger partial charge in [0.2, 0.25) is 0 Å². The summed E-state index contributed by atoms with van der Waals surface area (Å²) < 4.78 is 6.26. The Morgan fingerprint density at radius 2 is 2.05 bits per heavy atom. The van der Waals surface area contributed by atoms with Crippen molar-refractivity contribution in [3.63, 3.8) is 0 Å². The van der Waals surface area contributed by atoms with E-state index >= 15 is 0 Å². The maximum absolute atomic E-state index is 10.2. The molecule has 1 N–H and O–H groups in total. The first-order chi connectivity index (χ1) is 9.16. The number of aliphatic hydroxyl groups is 1. The quantitative estimate of drug-likeness (QED) is 0.882. The molecule has 1 aromatic carbocycles. The van der Waals surface area contributed by atoms with Crippen LogP contribution in [-0.4, -0.2) is 23.6 Å². The number of benzene rings is 1. The summed E-state index contributed by atoms with van der Waals surface area (Å²) in [7, 11) is 2.02. The molecule has 0 saturated heterocycles. The Hall–Kier alpha value is -1.10. The molecule has 1 atom stereocenters. The summed E-state index contributed by atoms with van der Waals surface area (Å²) in [5, 5.41) is 10.2. The highest BCUT2D eigenvalue weighted by Gasteiger charge is 2.12. The zero-order valence-corrected chi connectivity index (χ0v) is 12.5. The van der Waals surface area contributed by atoms with Crippen molar-refractivity contribution in [3.05, 3.63) is 58.5 Å². The smallest absolute Gasteiger partial charge is 0.117 e. The van der Waals surface area contributed by atoms with Crippen LogP contribution in [0.1, 0.15) is 23.8 Å². The fraction of sp³-hybridized carbons (Fsp3) is 0.333. The molecule has 1 unspecified atom stereocenters. The molecule has 0 spiro atoms. The average molecular weight is 324 g/mol. The normalized spacial score (nSPS) is 12.8. The Balaban J connectivity index is 1.83. The molecule has 1 heterocycles. The van der Waals surface area contributed by atoms with E-state index in [2.05, 4.69) is 20.8 Å². The first-order valence-electron chi connectivity index (χ1n) is 6.30. The van der Waals surface area contributed by atoms with Crippen molar-refractivity contribution < 1.29 is 9.52 Å².